The van der Waals surface area contributed by atoms with Gasteiger partial charge in [0.1, 0.15) is 11.5 Å². The summed E-state index contributed by atoms with van der Waals surface area (Å²) in [5, 5.41) is 11.6. The fourth-order valence-electron chi connectivity index (χ4n) is 1.59. The number of nitrogens with zero attached hydrogens (tertiary/aromatic N) is 1. The number of carboxylic acids is 1. The Balaban J connectivity index is 2.16. The molecule has 1 heterocycles. The number of carbonyl (C=O) groups excluding carboxylic acids is 1. The van der Waals surface area contributed by atoms with E-state index < -0.39 is 17.7 Å². The SMILES string of the molecule is O=C(O)CCNC(=O)c1ccc2ccc(F)cc2n1. The molecule has 1 aromatic carbocycles. The van der Waals surface area contributed by atoms with Crippen LogP contribution < -0.4 is 5.32 Å². The summed E-state index contributed by atoms with van der Waals surface area (Å²) >= 11 is 0. The number of pyridine rings is 1. The smallest absolute Gasteiger partial charge is 0.305 e. The molecule has 2 N–H and O–H groups in total. The molecule has 0 radical (unpaired) electrons. The minimum Gasteiger partial charge on any atom is -0.481 e. The van der Waals surface area contributed by atoms with Crippen LogP contribution in [0, 0.1) is 5.82 Å². The number of hydrogen-bond acceptors (Lipinski definition) is 3. The number of rotatable bonds is 4. The third-order valence-corrected chi connectivity index (χ3v) is 2.51. The van der Waals surface area contributed by atoms with E-state index in [-0.39, 0.29) is 18.7 Å². The van der Waals surface area contributed by atoms with Crippen LogP contribution in [0.3, 0.4) is 0 Å². The van der Waals surface area contributed by atoms with Crippen LogP contribution in [0.1, 0.15) is 16.9 Å². The molecular weight excluding hydrogens is 251 g/mol. The lowest BCUT2D eigenvalue weighted by molar-refractivity contribution is -0.136. The van der Waals surface area contributed by atoms with Gasteiger partial charge in [-0.05, 0) is 18.2 Å². The molecule has 0 aliphatic heterocycles. The van der Waals surface area contributed by atoms with Crippen LogP contribution in [0.15, 0.2) is 30.3 Å². The largest absolute Gasteiger partial charge is 0.481 e. The van der Waals surface area contributed by atoms with Crippen molar-refractivity contribution in [2.45, 2.75) is 6.42 Å². The number of fused-ring (bicyclic) bond motifs is 1. The van der Waals surface area contributed by atoms with Crippen molar-refractivity contribution in [3.8, 4) is 0 Å². The zero-order chi connectivity index (χ0) is 13.8. The van der Waals surface area contributed by atoms with Gasteiger partial charge in [0.2, 0.25) is 0 Å². The Bertz CT molecular complexity index is 643. The van der Waals surface area contributed by atoms with E-state index in [9.17, 15) is 14.0 Å². The number of hydrogen-bond donors (Lipinski definition) is 2. The summed E-state index contributed by atoms with van der Waals surface area (Å²) in [5.41, 5.74) is 0.509. The molecule has 0 saturated carbocycles. The first-order chi connectivity index (χ1) is 9.06. The van der Waals surface area contributed by atoms with Crippen molar-refractivity contribution >= 4 is 22.8 Å². The maximum atomic E-state index is 13.1. The average Bonchev–Trinajstić information content (AvgIpc) is 2.37. The van der Waals surface area contributed by atoms with Gasteiger partial charge in [-0.1, -0.05) is 6.07 Å². The Labute approximate surface area is 108 Å². The van der Waals surface area contributed by atoms with Crippen molar-refractivity contribution in [3.05, 3.63) is 41.8 Å². The predicted octanol–water partition coefficient (Wildman–Crippen LogP) is 1.58. The third-order valence-electron chi connectivity index (χ3n) is 2.51. The Hall–Kier alpha value is -2.50. The van der Waals surface area contributed by atoms with E-state index in [1.807, 2.05) is 0 Å². The predicted molar refractivity (Wildman–Crippen MR) is 66.3 cm³/mol. The molecule has 1 amide bonds. The van der Waals surface area contributed by atoms with Crippen LogP contribution >= 0.6 is 0 Å². The van der Waals surface area contributed by atoms with Crippen LogP contribution in [0.5, 0.6) is 0 Å². The molecule has 0 aliphatic carbocycles. The minimum absolute atomic E-state index is 0.0248. The fourth-order valence-corrected chi connectivity index (χ4v) is 1.59. The molecule has 0 fully saturated rings. The number of benzene rings is 1. The normalized spacial score (nSPS) is 10.4. The summed E-state index contributed by atoms with van der Waals surface area (Å²) in [6.07, 6.45) is -0.159. The molecular formula is C13H11FN2O3. The summed E-state index contributed by atoms with van der Waals surface area (Å²) in [6, 6.07) is 7.30. The molecule has 0 bridgehead atoms. The highest BCUT2D eigenvalue weighted by Crippen LogP contribution is 2.13. The summed E-state index contributed by atoms with van der Waals surface area (Å²) in [4.78, 5) is 26.0. The molecule has 6 heteroatoms. The number of halogens is 1. The Kier molecular flexibility index (Phi) is 3.70. The molecule has 0 atom stereocenters. The second-order valence-electron chi connectivity index (χ2n) is 3.93. The second-order valence-corrected chi connectivity index (χ2v) is 3.93. The van der Waals surface area contributed by atoms with Crippen LogP contribution in [-0.2, 0) is 4.79 Å². The van der Waals surface area contributed by atoms with Crippen molar-refractivity contribution in [3.63, 3.8) is 0 Å². The summed E-state index contributed by atoms with van der Waals surface area (Å²) < 4.78 is 13.1. The summed E-state index contributed by atoms with van der Waals surface area (Å²) in [5.74, 6) is -1.90. The maximum absolute atomic E-state index is 13.1. The fraction of sp³-hybridized carbons (Fsp3) is 0.154. The van der Waals surface area contributed by atoms with E-state index in [1.165, 1.54) is 18.2 Å². The third kappa shape index (κ3) is 3.25. The lowest BCUT2D eigenvalue weighted by Gasteiger charge is -2.04. The lowest BCUT2D eigenvalue weighted by Crippen LogP contribution is -2.26. The van der Waals surface area contributed by atoms with Gasteiger partial charge in [-0.3, -0.25) is 9.59 Å². The number of nitrogens with one attached hydrogen (secondary N) is 1. The van der Waals surface area contributed by atoms with Gasteiger partial charge in [-0.2, -0.15) is 0 Å². The first-order valence-electron chi connectivity index (χ1n) is 5.62. The highest BCUT2D eigenvalue weighted by Gasteiger charge is 2.08. The van der Waals surface area contributed by atoms with Gasteiger partial charge in [0.05, 0.1) is 11.9 Å². The Morgan fingerprint density at radius 1 is 1.26 bits per heavy atom. The molecule has 98 valence electrons. The van der Waals surface area contributed by atoms with E-state index in [0.29, 0.717) is 5.52 Å². The molecule has 19 heavy (non-hydrogen) atoms. The molecule has 0 spiro atoms. The first kappa shape index (κ1) is 12.9. The van der Waals surface area contributed by atoms with E-state index in [2.05, 4.69) is 10.3 Å². The highest BCUT2D eigenvalue weighted by atomic mass is 19.1. The summed E-state index contributed by atoms with van der Waals surface area (Å²) in [6.45, 7) is 0.0248. The molecule has 5 nitrogen and oxygen atoms in total. The van der Waals surface area contributed by atoms with Crippen LogP contribution in [-0.4, -0.2) is 28.5 Å². The molecule has 0 unspecified atom stereocenters. The van der Waals surface area contributed by atoms with Gasteiger partial charge in [0.25, 0.3) is 5.91 Å². The van der Waals surface area contributed by atoms with E-state index in [0.717, 1.165) is 5.39 Å². The van der Waals surface area contributed by atoms with E-state index in [1.54, 1.807) is 12.1 Å². The molecule has 2 aromatic rings. The standard InChI is InChI=1S/C13H11FN2O3/c14-9-3-1-8-2-4-10(16-11(8)7-9)13(19)15-6-5-12(17)18/h1-4,7H,5-6H2,(H,15,19)(H,17,18). The van der Waals surface area contributed by atoms with Gasteiger partial charge in [0.15, 0.2) is 0 Å². The molecule has 2 rings (SSSR count). The second kappa shape index (κ2) is 5.43. The van der Waals surface area contributed by atoms with Gasteiger partial charge < -0.3 is 10.4 Å². The maximum Gasteiger partial charge on any atom is 0.305 e. The van der Waals surface area contributed by atoms with Gasteiger partial charge in [-0.15, -0.1) is 0 Å². The average molecular weight is 262 g/mol. The minimum atomic E-state index is -0.992. The Morgan fingerprint density at radius 3 is 2.74 bits per heavy atom. The van der Waals surface area contributed by atoms with Crippen LogP contribution in [0.25, 0.3) is 10.9 Å². The number of carboxylic acid groups (broad SMARTS) is 1. The van der Waals surface area contributed by atoms with E-state index in [4.69, 9.17) is 5.11 Å². The number of carbonyl (C=O) groups is 2. The zero-order valence-corrected chi connectivity index (χ0v) is 9.89. The van der Waals surface area contributed by atoms with Crippen LogP contribution in [0.4, 0.5) is 4.39 Å². The molecule has 1 aromatic heterocycles. The monoisotopic (exact) mass is 262 g/mol. The number of aromatic nitrogens is 1. The quantitative estimate of drug-likeness (QED) is 0.876. The highest BCUT2D eigenvalue weighted by molar-refractivity contribution is 5.95. The van der Waals surface area contributed by atoms with E-state index >= 15 is 0 Å². The van der Waals surface area contributed by atoms with Crippen molar-refractivity contribution in [2.24, 2.45) is 0 Å². The lowest BCUT2D eigenvalue weighted by atomic mass is 10.2. The van der Waals surface area contributed by atoms with Crippen molar-refractivity contribution in [2.75, 3.05) is 6.54 Å². The zero-order valence-electron chi connectivity index (χ0n) is 9.89. The first-order valence-corrected chi connectivity index (χ1v) is 5.62. The molecule has 0 saturated heterocycles. The van der Waals surface area contributed by atoms with Crippen molar-refractivity contribution in [1.29, 1.82) is 0 Å². The van der Waals surface area contributed by atoms with Crippen molar-refractivity contribution < 1.29 is 19.1 Å². The number of aliphatic carboxylic acids is 1. The van der Waals surface area contributed by atoms with Gasteiger partial charge in [-0.25, -0.2) is 9.37 Å². The number of amides is 1. The van der Waals surface area contributed by atoms with Gasteiger partial charge >= 0.3 is 5.97 Å². The van der Waals surface area contributed by atoms with Gasteiger partial charge in [0, 0.05) is 18.0 Å². The Morgan fingerprint density at radius 2 is 2.00 bits per heavy atom. The topological polar surface area (TPSA) is 79.3 Å². The van der Waals surface area contributed by atoms with Crippen LogP contribution in [0.2, 0.25) is 0 Å². The summed E-state index contributed by atoms with van der Waals surface area (Å²) in [7, 11) is 0. The molecule has 0 aliphatic rings. The van der Waals surface area contributed by atoms with Crippen molar-refractivity contribution in [1.82, 2.24) is 10.3 Å².